The molecule has 0 aliphatic carbocycles. The normalized spacial score (nSPS) is 12.4. The van der Waals surface area contributed by atoms with Gasteiger partial charge in [0.1, 0.15) is 18.0 Å². The molecule has 0 unspecified atom stereocenters. The van der Waals surface area contributed by atoms with E-state index in [1.54, 1.807) is 0 Å². The fraction of sp³-hybridized carbons (Fsp3) is 0.444. The summed E-state index contributed by atoms with van der Waals surface area (Å²) in [6.07, 6.45) is -10.2. The third-order valence-corrected chi connectivity index (χ3v) is 1.88. The van der Waals surface area contributed by atoms with Gasteiger partial charge >= 0.3 is 12.5 Å². The second kappa shape index (κ2) is 5.10. The molecule has 10 heteroatoms. The first-order valence-electron chi connectivity index (χ1n) is 4.55. The van der Waals surface area contributed by atoms with E-state index in [9.17, 15) is 30.7 Å². The summed E-state index contributed by atoms with van der Waals surface area (Å²) >= 11 is 0. The maximum atomic E-state index is 12.6. The predicted octanol–water partition coefficient (Wildman–Crippen LogP) is 3.48. The minimum absolute atomic E-state index is 0.287. The molecule has 0 saturated heterocycles. The summed E-state index contributed by atoms with van der Waals surface area (Å²) in [5.41, 5.74) is -2.82. The number of alkyl halides is 7. The lowest BCUT2D eigenvalue weighted by atomic mass is 10.1. The number of nitrogens with zero attached hydrogens (tertiary/aromatic N) is 1. The van der Waals surface area contributed by atoms with Crippen molar-refractivity contribution in [1.82, 2.24) is 4.98 Å². The molecule has 0 atom stereocenters. The molecule has 108 valence electrons. The molecule has 0 amide bonds. The van der Waals surface area contributed by atoms with Gasteiger partial charge in [-0.25, -0.2) is 9.37 Å². The molecule has 0 radical (unpaired) electrons. The second-order valence-electron chi connectivity index (χ2n) is 3.16. The highest BCUT2D eigenvalue weighted by Crippen LogP contribution is 2.40. The van der Waals surface area contributed by atoms with Crippen LogP contribution in [0, 0.1) is 0 Å². The quantitative estimate of drug-likeness (QED) is 0.800. The van der Waals surface area contributed by atoms with Crippen LogP contribution in [0.3, 0.4) is 0 Å². The van der Waals surface area contributed by atoms with Gasteiger partial charge in [0.2, 0.25) is 5.88 Å². The van der Waals surface area contributed by atoms with Crippen molar-refractivity contribution in [2.75, 3.05) is 7.11 Å². The van der Waals surface area contributed by atoms with Crippen molar-refractivity contribution in [1.29, 1.82) is 0 Å². The van der Waals surface area contributed by atoms with Crippen molar-refractivity contribution >= 4 is 0 Å². The molecule has 3 nitrogen and oxygen atoms in total. The van der Waals surface area contributed by atoms with Gasteiger partial charge in [-0.05, 0) is 0 Å². The number of halogens is 7. The van der Waals surface area contributed by atoms with E-state index in [0.717, 1.165) is 7.11 Å². The number of hydrogen-bond acceptors (Lipinski definition) is 3. The minimum atomic E-state index is -5.16. The molecule has 0 N–H and O–H groups in total. The Bertz CT molecular complexity index is 430. The topological polar surface area (TPSA) is 31.4 Å². The van der Waals surface area contributed by atoms with Gasteiger partial charge in [0.05, 0.1) is 12.8 Å². The molecule has 1 aromatic heterocycles. The van der Waals surface area contributed by atoms with E-state index < -0.39 is 42.1 Å². The summed E-state index contributed by atoms with van der Waals surface area (Å²) in [6, 6.07) is 0.287. The lowest BCUT2D eigenvalue weighted by Gasteiger charge is -2.16. The van der Waals surface area contributed by atoms with Crippen LogP contribution in [0.15, 0.2) is 6.07 Å². The van der Waals surface area contributed by atoms with Gasteiger partial charge in [-0.3, -0.25) is 0 Å². The molecule has 0 saturated carbocycles. The number of hydrogen-bond donors (Lipinski definition) is 0. The Kier molecular flexibility index (Phi) is 4.11. The molecule has 1 heterocycles. The molecule has 0 aliphatic rings. The summed E-state index contributed by atoms with van der Waals surface area (Å²) in [5, 5.41) is 0. The molecule has 0 spiro atoms. The van der Waals surface area contributed by atoms with Crippen molar-refractivity contribution in [2.24, 2.45) is 0 Å². The predicted molar refractivity (Wildman–Crippen MR) is 47.3 cm³/mol. The third kappa shape index (κ3) is 3.86. The number of aromatic nitrogens is 1. The monoisotopic (exact) mass is 293 g/mol. The summed E-state index contributed by atoms with van der Waals surface area (Å²) in [5.74, 6) is -2.24. The number of methoxy groups -OCH3 is 1. The van der Waals surface area contributed by atoms with Crippen molar-refractivity contribution in [2.45, 2.75) is 19.2 Å². The van der Waals surface area contributed by atoms with E-state index in [1.165, 1.54) is 0 Å². The highest BCUT2D eigenvalue weighted by Gasteiger charge is 2.40. The summed E-state index contributed by atoms with van der Waals surface area (Å²) in [6.45, 7) is -1.72. The lowest BCUT2D eigenvalue weighted by molar-refractivity contribution is -0.276. The zero-order valence-electron chi connectivity index (χ0n) is 9.19. The van der Waals surface area contributed by atoms with Crippen LogP contribution >= 0.6 is 0 Å². The smallest absolute Gasteiger partial charge is 0.496 e. The number of ether oxygens (including phenoxy) is 2. The Balaban J connectivity index is 3.37. The molecular formula is C9H6F7NO2. The minimum Gasteiger partial charge on any atom is -0.496 e. The second-order valence-corrected chi connectivity index (χ2v) is 3.16. The maximum absolute atomic E-state index is 12.6. The molecular weight excluding hydrogens is 287 g/mol. The van der Waals surface area contributed by atoms with Crippen molar-refractivity contribution in [3.63, 3.8) is 0 Å². The third-order valence-electron chi connectivity index (χ3n) is 1.88. The molecule has 0 fully saturated rings. The van der Waals surface area contributed by atoms with E-state index in [-0.39, 0.29) is 6.07 Å². The van der Waals surface area contributed by atoms with Gasteiger partial charge in [0, 0.05) is 6.07 Å². The lowest BCUT2D eigenvalue weighted by Crippen LogP contribution is -2.20. The SMILES string of the molecule is COc1cc(OC(F)(F)F)nc(CF)c1C(F)(F)F. The largest absolute Gasteiger partial charge is 0.574 e. The highest BCUT2D eigenvalue weighted by atomic mass is 19.4. The van der Waals surface area contributed by atoms with Crippen LogP contribution in [0.2, 0.25) is 0 Å². The average Bonchev–Trinajstić information content (AvgIpc) is 2.23. The van der Waals surface area contributed by atoms with E-state index in [1.807, 2.05) is 0 Å². The van der Waals surface area contributed by atoms with Crippen LogP contribution < -0.4 is 9.47 Å². The Hall–Kier alpha value is -1.74. The Morgan fingerprint density at radius 2 is 1.74 bits per heavy atom. The Morgan fingerprint density at radius 3 is 2.11 bits per heavy atom. The van der Waals surface area contributed by atoms with Crippen molar-refractivity contribution in [3.05, 3.63) is 17.3 Å². The standard InChI is InChI=1S/C9H6F7NO2/c1-18-5-2-6(19-9(14,15)16)17-4(3-10)7(5)8(11,12)13/h2H,3H2,1H3. The summed E-state index contributed by atoms with van der Waals surface area (Å²) < 4.78 is 93.7. The molecule has 19 heavy (non-hydrogen) atoms. The average molecular weight is 293 g/mol. The van der Waals surface area contributed by atoms with Crippen molar-refractivity contribution in [3.8, 4) is 11.6 Å². The maximum Gasteiger partial charge on any atom is 0.574 e. The first-order chi connectivity index (χ1) is 8.58. The van der Waals surface area contributed by atoms with Gasteiger partial charge in [-0.1, -0.05) is 0 Å². The van der Waals surface area contributed by atoms with E-state index >= 15 is 0 Å². The van der Waals surface area contributed by atoms with Crippen LogP contribution in [0.1, 0.15) is 11.3 Å². The molecule has 0 bridgehead atoms. The summed E-state index contributed by atoms with van der Waals surface area (Å²) in [4.78, 5) is 2.83. The zero-order valence-corrected chi connectivity index (χ0v) is 9.19. The Labute approximate surface area is 101 Å². The van der Waals surface area contributed by atoms with Gasteiger partial charge in [0.15, 0.2) is 0 Å². The summed E-state index contributed by atoms with van der Waals surface area (Å²) in [7, 11) is 0.796. The molecule has 1 aromatic rings. The van der Waals surface area contributed by atoms with Gasteiger partial charge in [-0.15, -0.1) is 13.2 Å². The zero-order chi connectivity index (χ0) is 14.8. The Morgan fingerprint density at radius 1 is 1.16 bits per heavy atom. The fourth-order valence-corrected chi connectivity index (χ4v) is 1.28. The van der Waals surface area contributed by atoms with Crippen LogP contribution in [0.5, 0.6) is 11.6 Å². The van der Waals surface area contributed by atoms with Crippen LogP contribution in [-0.2, 0) is 12.9 Å². The van der Waals surface area contributed by atoms with E-state index in [4.69, 9.17) is 0 Å². The molecule has 0 aliphatic heterocycles. The van der Waals surface area contributed by atoms with Gasteiger partial charge in [0.25, 0.3) is 0 Å². The number of rotatable bonds is 3. The van der Waals surface area contributed by atoms with Gasteiger partial charge in [-0.2, -0.15) is 13.2 Å². The van der Waals surface area contributed by atoms with E-state index in [0.29, 0.717) is 0 Å². The van der Waals surface area contributed by atoms with Crippen LogP contribution in [0.25, 0.3) is 0 Å². The number of pyridine rings is 1. The first kappa shape index (κ1) is 15.3. The van der Waals surface area contributed by atoms with Crippen molar-refractivity contribution < 1.29 is 40.2 Å². The first-order valence-corrected chi connectivity index (χ1v) is 4.55. The van der Waals surface area contributed by atoms with Crippen LogP contribution in [0.4, 0.5) is 30.7 Å². The fourth-order valence-electron chi connectivity index (χ4n) is 1.28. The molecule has 1 rings (SSSR count). The van der Waals surface area contributed by atoms with Crippen LogP contribution in [-0.4, -0.2) is 18.5 Å². The van der Waals surface area contributed by atoms with Gasteiger partial charge < -0.3 is 9.47 Å². The van der Waals surface area contributed by atoms with E-state index in [2.05, 4.69) is 14.5 Å². The molecule has 0 aromatic carbocycles. The highest BCUT2D eigenvalue weighted by molar-refractivity contribution is 5.42.